The molecule has 0 aliphatic heterocycles. The van der Waals surface area contributed by atoms with E-state index < -0.39 is 0 Å². The number of rotatable bonds is 11. The van der Waals surface area contributed by atoms with Gasteiger partial charge in [0.25, 0.3) is 0 Å². The molecule has 0 bridgehead atoms. The minimum Gasteiger partial charge on any atom is -0.378 e. The van der Waals surface area contributed by atoms with Crippen molar-refractivity contribution in [3.8, 4) is 0 Å². The Morgan fingerprint density at radius 2 is 1.90 bits per heavy atom. The lowest BCUT2D eigenvalue weighted by Crippen LogP contribution is -2.20. The molecule has 0 unspecified atom stereocenters. The summed E-state index contributed by atoms with van der Waals surface area (Å²) in [4.78, 5) is 0. The van der Waals surface area contributed by atoms with Gasteiger partial charge >= 0.3 is 0 Å². The molecule has 0 aliphatic carbocycles. The van der Waals surface area contributed by atoms with Gasteiger partial charge < -0.3 is 20.5 Å². The molecular formula is C13H29N5O2. The molecule has 0 aliphatic rings. The third-order valence-corrected chi connectivity index (χ3v) is 2.31. The molecule has 0 fully saturated rings. The van der Waals surface area contributed by atoms with Crippen LogP contribution in [0.1, 0.15) is 26.5 Å². The molecule has 1 heterocycles. The fourth-order valence-electron chi connectivity index (χ4n) is 1.34. The van der Waals surface area contributed by atoms with Crippen molar-refractivity contribution in [2.75, 3.05) is 39.5 Å². The summed E-state index contributed by atoms with van der Waals surface area (Å²) in [7, 11) is 0. The highest BCUT2D eigenvalue weighted by Gasteiger charge is 1.97. The maximum atomic E-state index is 5.44. The quantitative estimate of drug-likeness (QED) is 0.573. The second-order valence-corrected chi connectivity index (χ2v) is 3.76. The Labute approximate surface area is 121 Å². The summed E-state index contributed by atoms with van der Waals surface area (Å²) in [6, 6.07) is 0. The van der Waals surface area contributed by atoms with Gasteiger partial charge in [0, 0.05) is 19.3 Å². The summed E-state index contributed by atoms with van der Waals surface area (Å²) in [5.74, 6) is 0. The van der Waals surface area contributed by atoms with Crippen molar-refractivity contribution in [3.05, 3.63) is 11.9 Å². The Kier molecular flexibility index (Phi) is 13.7. The van der Waals surface area contributed by atoms with E-state index in [0.717, 1.165) is 25.4 Å². The zero-order chi connectivity index (χ0) is 15.1. The fraction of sp³-hybridized carbons (Fsp3) is 0.846. The van der Waals surface area contributed by atoms with E-state index in [1.807, 2.05) is 20.0 Å². The molecule has 20 heavy (non-hydrogen) atoms. The van der Waals surface area contributed by atoms with E-state index in [1.54, 1.807) is 4.68 Å². The molecule has 1 aromatic heterocycles. The van der Waals surface area contributed by atoms with E-state index in [0.29, 0.717) is 32.9 Å². The van der Waals surface area contributed by atoms with Gasteiger partial charge in [-0.2, -0.15) is 0 Å². The molecule has 0 amide bonds. The molecular weight excluding hydrogens is 258 g/mol. The summed E-state index contributed by atoms with van der Waals surface area (Å²) in [5, 5.41) is 11.0. The standard InChI is InChI=1S/C11H23N5O2.C2H6/c1-2-13-3-5-17-7-8-18-6-4-16-10-11(9-12)14-15-16;1-2/h10,13H,2-9,12H2,1H3;1-2H3. The molecule has 0 aromatic carbocycles. The highest BCUT2D eigenvalue weighted by Crippen LogP contribution is 1.91. The highest BCUT2D eigenvalue weighted by atomic mass is 16.5. The van der Waals surface area contributed by atoms with Crippen LogP contribution in [0.15, 0.2) is 6.20 Å². The number of hydrogen-bond acceptors (Lipinski definition) is 6. The van der Waals surface area contributed by atoms with Gasteiger partial charge in [-0.25, -0.2) is 4.68 Å². The van der Waals surface area contributed by atoms with Gasteiger partial charge in [-0.1, -0.05) is 26.0 Å². The van der Waals surface area contributed by atoms with Gasteiger partial charge in [-0.05, 0) is 6.54 Å². The molecule has 7 nitrogen and oxygen atoms in total. The van der Waals surface area contributed by atoms with Crippen molar-refractivity contribution < 1.29 is 9.47 Å². The summed E-state index contributed by atoms with van der Waals surface area (Å²) in [6.45, 7) is 11.6. The van der Waals surface area contributed by atoms with E-state index >= 15 is 0 Å². The predicted octanol–water partition coefficient (Wildman–Crippen LogP) is 0.406. The van der Waals surface area contributed by atoms with Crippen LogP contribution in [0.5, 0.6) is 0 Å². The molecule has 1 rings (SSSR count). The number of likely N-dealkylation sites (N-methyl/N-ethyl adjacent to an activating group) is 1. The second-order valence-electron chi connectivity index (χ2n) is 3.76. The molecule has 0 radical (unpaired) electrons. The zero-order valence-corrected chi connectivity index (χ0v) is 13.0. The van der Waals surface area contributed by atoms with Gasteiger partial charge in [0.1, 0.15) is 0 Å². The van der Waals surface area contributed by atoms with Crippen molar-refractivity contribution in [2.24, 2.45) is 5.73 Å². The van der Waals surface area contributed by atoms with E-state index in [9.17, 15) is 0 Å². The van der Waals surface area contributed by atoms with Gasteiger partial charge in [0.15, 0.2) is 0 Å². The fourth-order valence-corrected chi connectivity index (χ4v) is 1.34. The van der Waals surface area contributed by atoms with Crippen LogP contribution in [-0.2, 0) is 22.6 Å². The molecule has 3 N–H and O–H groups in total. The monoisotopic (exact) mass is 287 g/mol. The van der Waals surface area contributed by atoms with Gasteiger partial charge in [-0.15, -0.1) is 5.10 Å². The van der Waals surface area contributed by atoms with Crippen LogP contribution in [-0.4, -0.2) is 54.5 Å². The first-order chi connectivity index (χ1) is 9.86. The third kappa shape index (κ3) is 9.85. The number of nitrogens with one attached hydrogen (secondary N) is 1. The van der Waals surface area contributed by atoms with Crippen LogP contribution in [0.25, 0.3) is 0 Å². The Bertz CT molecular complexity index is 307. The van der Waals surface area contributed by atoms with E-state index in [-0.39, 0.29) is 0 Å². The molecule has 1 aromatic rings. The lowest BCUT2D eigenvalue weighted by atomic mass is 10.5. The highest BCUT2D eigenvalue weighted by molar-refractivity contribution is 4.90. The first-order valence-electron chi connectivity index (χ1n) is 7.32. The second kappa shape index (κ2) is 14.4. The number of nitrogens with two attached hydrogens (primary N) is 1. The maximum absolute atomic E-state index is 5.44. The van der Waals surface area contributed by atoms with Crippen molar-refractivity contribution >= 4 is 0 Å². The van der Waals surface area contributed by atoms with Gasteiger partial charge in [-0.3, -0.25) is 0 Å². The van der Waals surface area contributed by atoms with Crippen LogP contribution >= 0.6 is 0 Å². The minimum atomic E-state index is 0.417. The van der Waals surface area contributed by atoms with Crippen LogP contribution in [0.4, 0.5) is 0 Å². The SMILES string of the molecule is CC.CCNCCOCCOCCn1cc(CN)nn1. The lowest BCUT2D eigenvalue weighted by molar-refractivity contribution is 0.0450. The molecule has 118 valence electrons. The van der Waals surface area contributed by atoms with Crippen molar-refractivity contribution in [3.63, 3.8) is 0 Å². The minimum absolute atomic E-state index is 0.417. The summed E-state index contributed by atoms with van der Waals surface area (Å²) >= 11 is 0. The summed E-state index contributed by atoms with van der Waals surface area (Å²) in [5.41, 5.74) is 6.23. The maximum Gasteiger partial charge on any atom is 0.0962 e. The van der Waals surface area contributed by atoms with Gasteiger partial charge in [0.05, 0.1) is 38.7 Å². The predicted molar refractivity (Wildman–Crippen MR) is 79.4 cm³/mol. The third-order valence-electron chi connectivity index (χ3n) is 2.31. The number of aromatic nitrogens is 3. The topological polar surface area (TPSA) is 87.2 Å². The molecule has 0 spiro atoms. The van der Waals surface area contributed by atoms with Crippen molar-refractivity contribution in [1.82, 2.24) is 20.3 Å². The average molecular weight is 287 g/mol. The first kappa shape index (κ1) is 19.0. The van der Waals surface area contributed by atoms with E-state index in [1.165, 1.54) is 0 Å². The summed E-state index contributed by atoms with van der Waals surface area (Å²) < 4.78 is 12.5. The summed E-state index contributed by atoms with van der Waals surface area (Å²) in [6.07, 6.45) is 1.83. The number of hydrogen-bond donors (Lipinski definition) is 2. The van der Waals surface area contributed by atoms with Crippen LogP contribution in [0.2, 0.25) is 0 Å². The lowest BCUT2D eigenvalue weighted by Gasteiger charge is -2.06. The zero-order valence-electron chi connectivity index (χ0n) is 13.0. The Morgan fingerprint density at radius 3 is 2.50 bits per heavy atom. The largest absolute Gasteiger partial charge is 0.378 e. The average Bonchev–Trinajstić information content (AvgIpc) is 2.95. The van der Waals surface area contributed by atoms with Crippen LogP contribution < -0.4 is 11.1 Å². The smallest absolute Gasteiger partial charge is 0.0962 e. The van der Waals surface area contributed by atoms with Crippen LogP contribution in [0, 0.1) is 0 Å². The molecule has 0 atom stereocenters. The first-order valence-corrected chi connectivity index (χ1v) is 7.32. The van der Waals surface area contributed by atoms with Gasteiger partial charge in [0.2, 0.25) is 0 Å². The van der Waals surface area contributed by atoms with Crippen LogP contribution in [0.3, 0.4) is 0 Å². The Morgan fingerprint density at radius 1 is 1.20 bits per heavy atom. The number of ether oxygens (including phenoxy) is 2. The van der Waals surface area contributed by atoms with E-state index in [4.69, 9.17) is 15.2 Å². The van der Waals surface area contributed by atoms with Crippen molar-refractivity contribution in [2.45, 2.75) is 33.9 Å². The van der Waals surface area contributed by atoms with Crippen molar-refractivity contribution in [1.29, 1.82) is 0 Å². The normalized spacial score (nSPS) is 10.2. The molecule has 0 saturated heterocycles. The Balaban J connectivity index is 0.00000172. The number of nitrogens with zero attached hydrogens (tertiary/aromatic N) is 3. The Hall–Kier alpha value is -1.02. The van der Waals surface area contributed by atoms with E-state index in [2.05, 4.69) is 22.6 Å². The molecule has 7 heteroatoms. The molecule has 0 saturated carbocycles.